The van der Waals surface area contributed by atoms with Crippen LogP contribution in [0.1, 0.15) is 5.56 Å². The molecule has 1 heterocycles. The zero-order valence-corrected chi connectivity index (χ0v) is 11.3. The van der Waals surface area contributed by atoms with Crippen molar-refractivity contribution >= 4 is 29.1 Å². The first-order chi connectivity index (χ1) is 10.0. The predicted octanol–water partition coefficient (Wildman–Crippen LogP) is 2.07. The molecule has 8 nitrogen and oxygen atoms in total. The lowest BCUT2D eigenvalue weighted by Gasteiger charge is -2.08. The van der Waals surface area contributed by atoms with E-state index in [2.05, 4.69) is 20.7 Å². The Hall–Kier alpha value is -2.52. The summed E-state index contributed by atoms with van der Waals surface area (Å²) in [5.41, 5.74) is 2.52. The second-order valence-corrected chi connectivity index (χ2v) is 4.34. The fourth-order valence-corrected chi connectivity index (χ4v) is 1.75. The number of nitrogen functional groups attached to an aromatic ring is 1. The highest BCUT2D eigenvalue weighted by atomic mass is 35.5. The highest BCUT2D eigenvalue weighted by molar-refractivity contribution is 6.30. The Morgan fingerprint density at radius 3 is 2.86 bits per heavy atom. The lowest BCUT2D eigenvalue weighted by Crippen LogP contribution is -2.13. The van der Waals surface area contributed by atoms with Gasteiger partial charge in [-0.1, -0.05) is 17.7 Å². The average Bonchev–Trinajstić information content (AvgIpc) is 2.48. The predicted molar refractivity (Wildman–Crippen MR) is 75.2 cm³/mol. The number of hydrazine groups is 1. The van der Waals surface area contributed by atoms with Gasteiger partial charge in [-0.3, -0.25) is 15.5 Å². The highest BCUT2D eigenvalue weighted by Gasteiger charge is 2.17. The molecule has 2 rings (SSSR count). The van der Waals surface area contributed by atoms with E-state index in [-0.39, 0.29) is 29.0 Å². The van der Waals surface area contributed by atoms with Crippen LogP contribution in [-0.4, -0.2) is 14.9 Å². The number of nitrogens with one attached hydrogen (secondary N) is 2. The van der Waals surface area contributed by atoms with Gasteiger partial charge in [0.15, 0.2) is 0 Å². The molecule has 110 valence electrons. The van der Waals surface area contributed by atoms with E-state index in [1.807, 2.05) is 0 Å². The summed E-state index contributed by atoms with van der Waals surface area (Å²) >= 11 is 5.66. The van der Waals surface area contributed by atoms with Gasteiger partial charge in [-0.2, -0.15) is 4.98 Å². The van der Waals surface area contributed by atoms with Crippen molar-refractivity contribution in [2.45, 2.75) is 6.54 Å². The van der Waals surface area contributed by atoms with E-state index in [4.69, 9.17) is 17.4 Å². The summed E-state index contributed by atoms with van der Waals surface area (Å²) in [4.78, 5) is 17.8. The quantitative estimate of drug-likeness (QED) is 0.439. The van der Waals surface area contributed by atoms with E-state index >= 15 is 0 Å². The van der Waals surface area contributed by atoms with E-state index < -0.39 is 10.7 Å². The summed E-state index contributed by atoms with van der Waals surface area (Å²) in [6, 6.07) is 4.13. The first-order valence-corrected chi connectivity index (χ1v) is 6.05. The molecule has 0 fully saturated rings. The third-order valence-electron chi connectivity index (χ3n) is 2.54. The molecule has 0 saturated heterocycles. The molecule has 0 unspecified atom stereocenters. The second kappa shape index (κ2) is 6.29. The molecule has 0 amide bonds. The number of hydrogen-bond acceptors (Lipinski definition) is 7. The summed E-state index contributed by atoms with van der Waals surface area (Å²) < 4.78 is 13.0. The van der Waals surface area contributed by atoms with Gasteiger partial charge in [0.2, 0.25) is 11.8 Å². The smallest absolute Gasteiger partial charge is 0.329 e. The van der Waals surface area contributed by atoms with Gasteiger partial charge in [-0.15, -0.1) is 0 Å². The van der Waals surface area contributed by atoms with Crippen molar-refractivity contribution in [2.24, 2.45) is 5.84 Å². The van der Waals surface area contributed by atoms with E-state index in [1.54, 1.807) is 0 Å². The lowest BCUT2D eigenvalue weighted by atomic mass is 10.2. The molecule has 0 aliphatic carbocycles. The van der Waals surface area contributed by atoms with Gasteiger partial charge in [0.05, 0.1) is 9.95 Å². The Kier molecular flexibility index (Phi) is 4.45. The lowest BCUT2D eigenvalue weighted by molar-refractivity contribution is -0.384. The SMILES string of the molecule is NNc1ncc([N+](=O)[O-])c(NCc2ccc(F)c(Cl)c2)n1. The Balaban J connectivity index is 2.21. The maximum Gasteiger partial charge on any atom is 0.329 e. The van der Waals surface area contributed by atoms with Crippen molar-refractivity contribution in [3.05, 3.63) is 50.9 Å². The van der Waals surface area contributed by atoms with Gasteiger partial charge in [-0.25, -0.2) is 15.2 Å². The molecule has 0 spiro atoms. The summed E-state index contributed by atoms with van der Waals surface area (Å²) in [5.74, 6) is 4.64. The molecule has 21 heavy (non-hydrogen) atoms. The molecule has 1 aromatic heterocycles. The van der Waals surface area contributed by atoms with E-state index in [9.17, 15) is 14.5 Å². The monoisotopic (exact) mass is 312 g/mol. The minimum absolute atomic E-state index is 0.0107. The van der Waals surface area contributed by atoms with Crippen molar-refractivity contribution in [2.75, 3.05) is 10.7 Å². The van der Waals surface area contributed by atoms with Crippen LogP contribution in [0.2, 0.25) is 5.02 Å². The molecular formula is C11H10ClFN6O2. The summed E-state index contributed by atoms with van der Waals surface area (Å²) in [5, 5.41) is 13.6. The molecule has 2 aromatic rings. The molecule has 0 aliphatic heterocycles. The van der Waals surface area contributed by atoms with Crippen molar-refractivity contribution in [3.8, 4) is 0 Å². The van der Waals surface area contributed by atoms with Gasteiger partial charge >= 0.3 is 5.69 Å². The topological polar surface area (TPSA) is 119 Å². The number of nitrogens with zero attached hydrogens (tertiary/aromatic N) is 3. The first kappa shape index (κ1) is 14.9. The normalized spacial score (nSPS) is 10.2. The number of aromatic nitrogens is 2. The molecule has 0 saturated carbocycles. The van der Waals surface area contributed by atoms with Crippen LogP contribution in [0.4, 0.5) is 21.8 Å². The van der Waals surface area contributed by atoms with Gasteiger partial charge < -0.3 is 5.32 Å². The fraction of sp³-hybridized carbons (Fsp3) is 0.0909. The highest BCUT2D eigenvalue weighted by Crippen LogP contribution is 2.23. The number of benzene rings is 1. The molecule has 0 aliphatic rings. The maximum atomic E-state index is 13.0. The van der Waals surface area contributed by atoms with Crippen LogP contribution in [-0.2, 0) is 6.54 Å². The number of hydrogen-bond donors (Lipinski definition) is 3. The maximum absolute atomic E-state index is 13.0. The summed E-state index contributed by atoms with van der Waals surface area (Å²) in [6.07, 6.45) is 1.03. The van der Waals surface area contributed by atoms with Gasteiger partial charge in [-0.05, 0) is 17.7 Å². The van der Waals surface area contributed by atoms with Crippen LogP contribution in [0.3, 0.4) is 0 Å². The number of halogens is 2. The molecule has 1 aromatic carbocycles. The van der Waals surface area contributed by atoms with E-state index in [0.717, 1.165) is 6.20 Å². The second-order valence-electron chi connectivity index (χ2n) is 3.93. The molecule has 0 radical (unpaired) electrons. The minimum atomic E-state index is -0.625. The van der Waals surface area contributed by atoms with Crippen molar-refractivity contribution in [3.63, 3.8) is 0 Å². The van der Waals surface area contributed by atoms with Crippen LogP contribution < -0.4 is 16.6 Å². The van der Waals surface area contributed by atoms with Crippen LogP contribution in [0.15, 0.2) is 24.4 Å². The van der Waals surface area contributed by atoms with Crippen LogP contribution in [0.5, 0.6) is 0 Å². The number of rotatable bonds is 5. The molecular weight excluding hydrogens is 303 g/mol. The zero-order chi connectivity index (χ0) is 15.4. The molecule has 10 heteroatoms. The molecule has 0 bridgehead atoms. The van der Waals surface area contributed by atoms with E-state index in [1.165, 1.54) is 18.2 Å². The number of nitro groups is 1. The fourth-order valence-electron chi connectivity index (χ4n) is 1.54. The third-order valence-corrected chi connectivity index (χ3v) is 2.83. The van der Waals surface area contributed by atoms with Crippen LogP contribution in [0, 0.1) is 15.9 Å². The van der Waals surface area contributed by atoms with Gasteiger partial charge in [0.1, 0.15) is 12.0 Å². The summed E-state index contributed by atoms with van der Waals surface area (Å²) in [6.45, 7) is 0.169. The Morgan fingerprint density at radius 1 is 1.48 bits per heavy atom. The minimum Gasteiger partial charge on any atom is -0.360 e. The van der Waals surface area contributed by atoms with Crippen LogP contribution >= 0.6 is 11.6 Å². The third kappa shape index (κ3) is 3.52. The number of anilines is 2. The zero-order valence-electron chi connectivity index (χ0n) is 10.5. The standard InChI is InChI=1S/C11H10ClFN6O2/c12-7-3-6(1-2-8(7)13)4-15-10-9(19(20)21)5-16-11(17-10)18-14/h1-3,5H,4,14H2,(H2,15,16,17,18). The first-order valence-electron chi connectivity index (χ1n) is 5.67. The average molecular weight is 313 g/mol. The van der Waals surface area contributed by atoms with Crippen molar-refractivity contribution in [1.82, 2.24) is 9.97 Å². The Morgan fingerprint density at radius 2 is 2.24 bits per heavy atom. The largest absolute Gasteiger partial charge is 0.360 e. The summed E-state index contributed by atoms with van der Waals surface area (Å²) in [7, 11) is 0. The molecule has 0 atom stereocenters. The van der Waals surface area contributed by atoms with Gasteiger partial charge in [0.25, 0.3) is 0 Å². The van der Waals surface area contributed by atoms with Crippen LogP contribution in [0.25, 0.3) is 0 Å². The molecule has 4 N–H and O–H groups in total. The number of nitrogens with two attached hydrogens (primary N) is 1. The van der Waals surface area contributed by atoms with Gasteiger partial charge in [0, 0.05) is 6.54 Å². The van der Waals surface area contributed by atoms with Crippen molar-refractivity contribution in [1.29, 1.82) is 0 Å². The van der Waals surface area contributed by atoms with E-state index in [0.29, 0.717) is 5.56 Å². The Labute approximate surface area is 123 Å². The van der Waals surface area contributed by atoms with Crippen molar-refractivity contribution < 1.29 is 9.31 Å². The Bertz CT molecular complexity index is 684.